The maximum absolute atomic E-state index is 12.6. The molecule has 0 spiro atoms. The van der Waals surface area contributed by atoms with Crippen LogP contribution >= 0.6 is 78.8 Å². The van der Waals surface area contributed by atoms with Crippen LogP contribution in [0, 0.1) is 0 Å². The standard InChI is InChI=1S/C20H19Br2Cl2N3O2S.ClH/c21-19-17-14(8-15(28)18(17)20(22)30-19)25-16(29)10-27-5-3-26(4-6-27)9-11-7-12(23)1-2-13(11)24;/h1-2,7,14H,3-6,8-10H2,(H,25,29);1H. The van der Waals surface area contributed by atoms with Gasteiger partial charge in [-0.1, -0.05) is 23.2 Å². The van der Waals surface area contributed by atoms with Gasteiger partial charge in [-0.05, 0) is 55.6 Å². The predicted molar refractivity (Wildman–Crippen MR) is 135 cm³/mol. The van der Waals surface area contributed by atoms with Crippen molar-refractivity contribution in [2.45, 2.75) is 19.0 Å². The van der Waals surface area contributed by atoms with Crippen molar-refractivity contribution in [3.8, 4) is 0 Å². The lowest BCUT2D eigenvalue weighted by Gasteiger charge is -2.34. The Balaban J connectivity index is 0.00000272. The molecular formula is C20H20Br2Cl3N3O2S. The van der Waals surface area contributed by atoms with Gasteiger partial charge in [0.15, 0.2) is 5.78 Å². The molecule has 31 heavy (non-hydrogen) atoms. The van der Waals surface area contributed by atoms with Gasteiger partial charge in [0.1, 0.15) is 0 Å². The number of carbonyl (C=O) groups is 2. The van der Waals surface area contributed by atoms with Gasteiger partial charge in [0.05, 0.1) is 20.2 Å². The molecule has 1 fully saturated rings. The van der Waals surface area contributed by atoms with Crippen molar-refractivity contribution < 1.29 is 9.59 Å². The third-order valence-corrected chi connectivity index (χ3v) is 8.62. The Morgan fingerprint density at radius 2 is 1.81 bits per heavy atom. The molecule has 4 rings (SSSR count). The summed E-state index contributed by atoms with van der Waals surface area (Å²) in [5, 5.41) is 4.44. The first kappa shape index (κ1) is 25.4. The number of fused-ring (bicyclic) bond motifs is 1. The Bertz CT molecular complexity index is 996. The molecule has 1 atom stereocenters. The highest BCUT2D eigenvalue weighted by Crippen LogP contribution is 2.46. The van der Waals surface area contributed by atoms with Crippen LogP contribution in [-0.2, 0) is 11.3 Å². The Morgan fingerprint density at radius 1 is 1.13 bits per heavy atom. The van der Waals surface area contributed by atoms with Crippen LogP contribution in [0.15, 0.2) is 25.8 Å². The molecule has 1 aliphatic heterocycles. The normalized spacial score (nSPS) is 19.2. The summed E-state index contributed by atoms with van der Waals surface area (Å²) in [5.74, 6) is 0.0126. The zero-order valence-electron chi connectivity index (χ0n) is 16.3. The highest BCUT2D eigenvalue weighted by Gasteiger charge is 2.36. The number of amides is 1. The van der Waals surface area contributed by atoms with E-state index in [0.29, 0.717) is 23.6 Å². The second-order valence-corrected chi connectivity index (χ2v) is 12.0. The molecule has 1 saturated heterocycles. The number of nitrogens with zero attached hydrogens (tertiary/aromatic N) is 2. The minimum absolute atomic E-state index is 0. The van der Waals surface area contributed by atoms with Gasteiger partial charge in [-0.25, -0.2) is 0 Å². The summed E-state index contributed by atoms with van der Waals surface area (Å²) in [6.07, 6.45) is 0.315. The van der Waals surface area contributed by atoms with Gasteiger partial charge >= 0.3 is 0 Å². The third kappa shape index (κ3) is 5.84. The monoisotopic (exact) mass is 629 g/mol. The van der Waals surface area contributed by atoms with Gasteiger partial charge in [-0.15, -0.1) is 23.7 Å². The molecule has 5 nitrogen and oxygen atoms in total. The van der Waals surface area contributed by atoms with E-state index in [9.17, 15) is 9.59 Å². The summed E-state index contributed by atoms with van der Waals surface area (Å²) in [7, 11) is 0. The quantitative estimate of drug-likeness (QED) is 0.469. The predicted octanol–water partition coefficient (Wildman–Crippen LogP) is 5.56. The average Bonchev–Trinajstić information content (AvgIpc) is 3.17. The zero-order chi connectivity index (χ0) is 21.4. The van der Waals surface area contributed by atoms with Crippen molar-refractivity contribution in [2.24, 2.45) is 0 Å². The van der Waals surface area contributed by atoms with Crippen LogP contribution < -0.4 is 5.32 Å². The van der Waals surface area contributed by atoms with Crippen LogP contribution in [0.1, 0.15) is 33.9 Å². The smallest absolute Gasteiger partial charge is 0.234 e. The molecule has 1 aromatic carbocycles. The van der Waals surface area contributed by atoms with Gasteiger partial charge in [-0.3, -0.25) is 19.4 Å². The molecule has 11 heteroatoms. The Kier molecular flexibility index (Phi) is 8.88. The second-order valence-electron chi connectivity index (χ2n) is 7.47. The van der Waals surface area contributed by atoms with Crippen molar-refractivity contribution in [2.75, 3.05) is 32.7 Å². The second kappa shape index (κ2) is 10.8. The van der Waals surface area contributed by atoms with E-state index >= 15 is 0 Å². The average molecular weight is 633 g/mol. The number of thiophene rings is 1. The number of carbonyl (C=O) groups excluding carboxylic acids is 2. The van der Waals surface area contributed by atoms with Crippen LogP contribution in [0.25, 0.3) is 0 Å². The maximum Gasteiger partial charge on any atom is 0.234 e. The summed E-state index contributed by atoms with van der Waals surface area (Å²) < 4.78 is 1.72. The van der Waals surface area contributed by atoms with E-state index in [-0.39, 0.29) is 30.1 Å². The topological polar surface area (TPSA) is 52.7 Å². The van der Waals surface area contributed by atoms with Gasteiger partial charge in [0.25, 0.3) is 0 Å². The first-order valence-corrected chi connectivity index (χ1v) is 12.7. The van der Waals surface area contributed by atoms with Crippen molar-refractivity contribution in [1.82, 2.24) is 15.1 Å². The molecule has 2 aromatic rings. The number of halogens is 5. The van der Waals surface area contributed by atoms with E-state index in [1.807, 2.05) is 12.1 Å². The van der Waals surface area contributed by atoms with Crippen LogP contribution in [-0.4, -0.2) is 54.2 Å². The zero-order valence-corrected chi connectivity index (χ0v) is 22.6. The number of benzene rings is 1. The SMILES string of the molecule is Cl.O=C(CN1CCN(Cc2cc(Cl)ccc2Cl)CC1)NC1CC(=O)c2c(Br)sc(Br)c21. The molecule has 2 heterocycles. The summed E-state index contributed by atoms with van der Waals surface area (Å²) in [6.45, 7) is 4.38. The van der Waals surface area contributed by atoms with E-state index in [1.54, 1.807) is 6.07 Å². The van der Waals surface area contributed by atoms with E-state index < -0.39 is 0 Å². The van der Waals surface area contributed by atoms with Crippen molar-refractivity contribution >= 4 is 90.5 Å². The van der Waals surface area contributed by atoms with E-state index in [1.165, 1.54) is 11.3 Å². The van der Waals surface area contributed by atoms with Crippen molar-refractivity contribution in [3.05, 3.63) is 52.5 Å². The van der Waals surface area contributed by atoms with E-state index in [4.69, 9.17) is 23.2 Å². The Morgan fingerprint density at radius 3 is 2.52 bits per heavy atom. The fraction of sp³-hybridized carbons (Fsp3) is 0.400. The lowest BCUT2D eigenvalue weighted by atomic mass is 10.2. The molecule has 1 amide bonds. The maximum atomic E-state index is 12.6. The summed E-state index contributed by atoms with van der Waals surface area (Å²) in [4.78, 5) is 29.4. The molecule has 0 bridgehead atoms. The first-order chi connectivity index (χ1) is 14.3. The van der Waals surface area contributed by atoms with Crippen LogP contribution in [0.5, 0.6) is 0 Å². The number of hydrogen-bond donors (Lipinski definition) is 1. The summed E-state index contributed by atoms with van der Waals surface area (Å²) >= 11 is 20.8. The summed E-state index contributed by atoms with van der Waals surface area (Å²) in [5.41, 5.74) is 2.61. The lowest BCUT2D eigenvalue weighted by Crippen LogP contribution is -2.49. The minimum atomic E-state index is -0.261. The number of Topliss-reactive ketones (excluding diaryl/α,β-unsaturated/α-hetero) is 1. The van der Waals surface area contributed by atoms with Gasteiger partial charge in [0, 0.05) is 60.3 Å². The third-order valence-electron chi connectivity index (χ3n) is 5.44. The number of hydrogen-bond acceptors (Lipinski definition) is 5. The highest BCUT2D eigenvalue weighted by molar-refractivity contribution is 9.12. The first-order valence-electron chi connectivity index (χ1n) is 9.50. The molecule has 1 unspecified atom stereocenters. The van der Waals surface area contributed by atoms with Crippen LogP contribution in [0.2, 0.25) is 10.0 Å². The van der Waals surface area contributed by atoms with Gasteiger partial charge in [0.2, 0.25) is 5.91 Å². The molecule has 1 aromatic heterocycles. The van der Waals surface area contributed by atoms with Crippen molar-refractivity contribution in [3.63, 3.8) is 0 Å². The molecule has 168 valence electrons. The van der Waals surface area contributed by atoms with Gasteiger partial charge < -0.3 is 5.32 Å². The van der Waals surface area contributed by atoms with Crippen LogP contribution in [0.4, 0.5) is 0 Å². The number of piperazine rings is 1. The number of ketones is 1. The fourth-order valence-corrected chi connectivity index (χ4v) is 7.67. The lowest BCUT2D eigenvalue weighted by molar-refractivity contribution is -0.123. The van der Waals surface area contributed by atoms with E-state index in [0.717, 1.165) is 56.4 Å². The molecule has 1 N–H and O–H groups in total. The van der Waals surface area contributed by atoms with Crippen LogP contribution in [0.3, 0.4) is 0 Å². The molecule has 0 radical (unpaired) electrons. The van der Waals surface area contributed by atoms with Crippen molar-refractivity contribution in [1.29, 1.82) is 0 Å². The van der Waals surface area contributed by atoms with E-state index in [2.05, 4.69) is 47.0 Å². The molecular weight excluding hydrogens is 612 g/mol. The minimum Gasteiger partial charge on any atom is -0.348 e. The van der Waals surface area contributed by atoms with Gasteiger partial charge in [-0.2, -0.15) is 0 Å². The number of nitrogens with one attached hydrogen (secondary N) is 1. The Hall–Kier alpha value is -0.190. The number of rotatable bonds is 5. The molecule has 0 saturated carbocycles. The largest absolute Gasteiger partial charge is 0.348 e. The summed E-state index contributed by atoms with van der Waals surface area (Å²) in [6, 6.07) is 5.26. The Labute approximate surface area is 218 Å². The molecule has 2 aliphatic rings. The highest BCUT2D eigenvalue weighted by atomic mass is 79.9. The fourth-order valence-electron chi connectivity index (χ4n) is 3.93. The molecule has 1 aliphatic carbocycles.